The van der Waals surface area contributed by atoms with Crippen LogP contribution in [0.2, 0.25) is 0 Å². The van der Waals surface area contributed by atoms with E-state index in [1.54, 1.807) is 7.11 Å². The summed E-state index contributed by atoms with van der Waals surface area (Å²) in [6.45, 7) is 8.85. The number of guanidine groups is 1. The Labute approximate surface area is 203 Å². The van der Waals surface area contributed by atoms with Crippen molar-refractivity contribution in [2.45, 2.75) is 26.5 Å². The highest BCUT2D eigenvalue weighted by Crippen LogP contribution is 2.26. The van der Waals surface area contributed by atoms with Gasteiger partial charge in [0.05, 0.1) is 19.8 Å². The van der Waals surface area contributed by atoms with Crippen LogP contribution >= 0.6 is 24.0 Å². The molecule has 0 spiro atoms. The third-order valence-corrected chi connectivity index (χ3v) is 5.39. The fourth-order valence-electron chi connectivity index (χ4n) is 3.77. The summed E-state index contributed by atoms with van der Waals surface area (Å²) in [5, 5.41) is 6.84. The molecule has 0 amide bonds. The Hall–Kier alpha value is -1.84. The molecule has 1 aliphatic heterocycles. The second-order valence-electron chi connectivity index (χ2n) is 7.68. The molecule has 0 radical (unpaired) electrons. The van der Waals surface area contributed by atoms with E-state index < -0.39 is 0 Å². The van der Waals surface area contributed by atoms with Gasteiger partial charge in [-0.2, -0.15) is 0 Å². The van der Waals surface area contributed by atoms with Crippen LogP contribution in [0.15, 0.2) is 47.5 Å². The van der Waals surface area contributed by atoms with Crippen LogP contribution in [0.4, 0.5) is 5.69 Å². The first-order valence-electron chi connectivity index (χ1n) is 10.6. The van der Waals surface area contributed by atoms with Gasteiger partial charge in [0.15, 0.2) is 5.96 Å². The van der Waals surface area contributed by atoms with Gasteiger partial charge < -0.3 is 25.0 Å². The maximum atomic E-state index is 6.09. The lowest BCUT2D eigenvalue weighted by atomic mass is 10.00. The van der Waals surface area contributed by atoms with Crippen molar-refractivity contribution < 1.29 is 9.47 Å². The van der Waals surface area contributed by atoms with Crippen molar-refractivity contribution in [3.8, 4) is 0 Å². The minimum Gasteiger partial charge on any atom is -0.383 e. The van der Waals surface area contributed by atoms with Crippen LogP contribution in [0, 0.1) is 13.8 Å². The van der Waals surface area contributed by atoms with Crippen LogP contribution in [0.3, 0.4) is 0 Å². The van der Waals surface area contributed by atoms with Crippen molar-refractivity contribution in [1.82, 2.24) is 10.2 Å². The molecule has 3 rings (SSSR count). The molecule has 0 saturated carbocycles. The zero-order chi connectivity index (χ0) is 21.3. The molecule has 0 aromatic heterocycles. The standard InChI is InChI=1S/C24H34N4O2.HI/c1-18-5-10-22(19(2)15-18)23-17-28(12-14-30-23)24(25-3)27-16-20-6-8-21(9-7-20)26-11-13-29-4;/h5-10,15,23,26H,11-14,16-17H2,1-4H3,(H,25,27);1H. The average molecular weight is 538 g/mol. The fraction of sp³-hybridized carbons (Fsp3) is 0.458. The molecule has 0 bridgehead atoms. The number of benzene rings is 2. The number of anilines is 1. The molecule has 7 heteroatoms. The summed E-state index contributed by atoms with van der Waals surface area (Å²) in [5.74, 6) is 0.912. The summed E-state index contributed by atoms with van der Waals surface area (Å²) < 4.78 is 11.2. The molecule has 1 saturated heterocycles. The predicted octanol–water partition coefficient (Wildman–Crippen LogP) is 4.13. The quantitative estimate of drug-likeness (QED) is 0.241. The number of aliphatic imine (C=N–C) groups is 1. The molecule has 1 atom stereocenters. The smallest absolute Gasteiger partial charge is 0.194 e. The van der Waals surface area contributed by atoms with E-state index in [9.17, 15) is 0 Å². The monoisotopic (exact) mass is 538 g/mol. The lowest BCUT2D eigenvalue weighted by Crippen LogP contribution is -2.48. The Morgan fingerprint density at radius 1 is 1.19 bits per heavy atom. The van der Waals surface area contributed by atoms with E-state index in [1.807, 2.05) is 7.05 Å². The van der Waals surface area contributed by atoms with Gasteiger partial charge in [-0.1, -0.05) is 35.9 Å². The summed E-state index contributed by atoms with van der Waals surface area (Å²) in [6, 6.07) is 15.0. The molecule has 2 aromatic carbocycles. The molecule has 0 aliphatic carbocycles. The highest BCUT2D eigenvalue weighted by atomic mass is 127. The van der Waals surface area contributed by atoms with Gasteiger partial charge in [-0.25, -0.2) is 0 Å². The second-order valence-corrected chi connectivity index (χ2v) is 7.68. The third kappa shape index (κ3) is 7.36. The van der Waals surface area contributed by atoms with E-state index in [1.165, 1.54) is 22.3 Å². The lowest BCUT2D eigenvalue weighted by molar-refractivity contribution is -0.00834. The SMILES string of the molecule is CN=C(NCc1ccc(NCCOC)cc1)N1CCOC(c2ccc(C)cc2C)C1.I. The average Bonchev–Trinajstić information content (AvgIpc) is 2.75. The number of hydrogen-bond acceptors (Lipinski definition) is 4. The molecule has 2 N–H and O–H groups in total. The van der Waals surface area contributed by atoms with Gasteiger partial charge in [-0.15, -0.1) is 24.0 Å². The predicted molar refractivity (Wildman–Crippen MR) is 139 cm³/mol. The Morgan fingerprint density at radius 3 is 2.65 bits per heavy atom. The first-order valence-corrected chi connectivity index (χ1v) is 10.6. The largest absolute Gasteiger partial charge is 0.383 e. The maximum Gasteiger partial charge on any atom is 0.194 e. The molecule has 1 heterocycles. The molecule has 1 aliphatic rings. The summed E-state index contributed by atoms with van der Waals surface area (Å²) in [6.07, 6.45) is 0.0651. The highest BCUT2D eigenvalue weighted by molar-refractivity contribution is 14.0. The molecule has 1 unspecified atom stereocenters. The van der Waals surface area contributed by atoms with E-state index in [0.29, 0.717) is 13.2 Å². The normalized spacial score (nSPS) is 16.6. The lowest BCUT2D eigenvalue weighted by Gasteiger charge is -2.36. The molecule has 2 aromatic rings. The summed E-state index contributed by atoms with van der Waals surface area (Å²) in [5.41, 5.74) is 6.14. The van der Waals surface area contributed by atoms with Gasteiger partial charge >= 0.3 is 0 Å². The van der Waals surface area contributed by atoms with Gasteiger partial charge in [0.2, 0.25) is 0 Å². The second kappa shape index (κ2) is 12.9. The Morgan fingerprint density at radius 2 is 1.97 bits per heavy atom. The van der Waals surface area contributed by atoms with E-state index >= 15 is 0 Å². The van der Waals surface area contributed by atoms with Crippen LogP contribution in [-0.4, -0.2) is 57.9 Å². The first kappa shape index (κ1) is 25.4. The molecule has 6 nitrogen and oxygen atoms in total. The Bertz CT molecular complexity index is 842. The van der Waals surface area contributed by atoms with E-state index in [2.05, 4.69) is 76.8 Å². The van der Waals surface area contributed by atoms with Crippen LogP contribution in [-0.2, 0) is 16.0 Å². The van der Waals surface area contributed by atoms with Crippen LogP contribution in [0.25, 0.3) is 0 Å². The number of hydrogen-bond donors (Lipinski definition) is 2. The third-order valence-electron chi connectivity index (χ3n) is 5.39. The minimum absolute atomic E-state index is 0. The van der Waals surface area contributed by atoms with Gasteiger partial charge in [0.25, 0.3) is 0 Å². The number of rotatable bonds is 7. The number of halogens is 1. The highest BCUT2D eigenvalue weighted by Gasteiger charge is 2.25. The number of nitrogens with one attached hydrogen (secondary N) is 2. The number of nitrogens with zero attached hydrogens (tertiary/aromatic N) is 2. The summed E-state index contributed by atoms with van der Waals surface area (Å²) >= 11 is 0. The Balaban J connectivity index is 0.00000341. The van der Waals surface area contributed by atoms with E-state index in [4.69, 9.17) is 9.47 Å². The van der Waals surface area contributed by atoms with Gasteiger partial charge in [0, 0.05) is 39.5 Å². The van der Waals surface area contributed by atoms with Gasteiger partial charge in [0.1, 0.15) is 6.10 Å². The Kier molecular flexibility index (Phi) is 10.6. The molecule has 1 fully saturated rings. The fourth-order valence-corrected chi connectivity index (χ4v) is 3.77. The number of aryl methyl sites for hydroxylation is 2. The van der Waals surface area contributed by atoms with Crippen molar-refractivity contribution >= 4 is 35.6 Å². The number of morpholine rings is 1. The molecular weight excluding hydrogens is 503 g/mol. The summed E-state index contributed by atoms with van der Waals surface area (Å²) in [7, 11) is 3.55. The van der Waals surface area contributed by atoms with Crippen LogP contribution < -0.4 is 10.6 Å². The zero-order valence-electron chi connectivity index (χ0n) is 19.0. The maximum absolute atomic E-state index is 6.09. The van der Waals surface area contributed by atoms with Crippen molar-refractivity contribution in [3.05, 3.63) is 64.7 Å². The zero-order valence-corrected chi connectivity index (χ0v) is 21.3. The molecule has 31 heavy (non-hydrogen) atoms. The van der Waals surface area contributed by atoms with E-state index in [0.717, 1.165) is 37.8 Å². The molecule has 170 valence electrons. The molecular formula is C24H35IN4O2. The van der Waals surface area contributed by atoms with E-state index in [-0.39, 0.29) is 30.1 Å². The summed E-state index contributed by atoms with van der Waals surface area (Å²) in [4.78, 5) is 6.79. The first-order chi connectivity index (χ1) is 14.6. The van der Waals surface area contributed by atoms with Crippen molar-refractivity contribution in [2.24, 2.45) is 4.99 Å². The van der Waals surface area contributed by atoms with Crippen LogP contribution in [0.5, 0.6) is 0 Å². The topological polar surface area (TPSA) is 58.1 Å². The minimum atomic E-state index is 0. The number of ether oxygens (including phenoxy) is 2. The van der Waals surface area contributed by atoms with Gasteiger partial charge in [-0.3, -0.25) is 4.99 Å². The van der Waals surface area contributed by atoms with Gasteiger partial charge in [-0.05, 0) is 42.7 Å². The van der Waals surface area contributed by atoms with Crippen molar-refractivity contribution in [3.63, 3.8) is 0 Å². The van der Waals surface area contributed by atoms with Crippen molar-refractivity contribution in [1.29, 1.82) is 0 Å². The van der Waals surface area contributed by atoms with Crippen molar-refractivity contribution in [2.75, 3.05) is 52.3 Å². The number of methoxy groups -OCH3 is 1. The van der Waals surface area contributed by atoms with Crippen LogP contribution in [0.1, 0.15) is 28.4 Å².